The Morgan fingerprint density at radius 1 is 0.379 bits per heavy atom. The average molecular weight is 1490 g/mol. The molecule has 24 N–H and O–H groups in total. The Kier molecular flexibility index (Phi) is 39.0. The molecule has 22 atom stereocenters. The fraction of sp³-hybridized carbons (Fsp3) is 0.770. The van der Waals surface area contributed by atoms with Gasteiger partial charge in [-0.1, -0.05) is 30.3 Å². The Balaban J connectivity index is 1.28. The zero-order valence-electron chi connectivity index (χ0n) is 56.3. The summed E-state index contributed by atoms with van der Waals surface area (Å²) in [5, 5.41) is 181. The molecule has 1 aromatic rings. The number of aliphatic hydroxyl groups excluding tert-OH is 16. The summed E-state index contributed by atoms with van der Waals surface area (Å²) in [6, 6.07) is 5.76. The summed E-state index contributed by atoms with van der Waals surface area (Å²) in [7, 11) is 0. The molecule has 588 valence electrons. The number of ether oxygens (including phenoxy) is 9. The van der Waals surface area contributed by atoms with E-state index in [0.29, 0.717) is 19.3 Å². The van der Waals surface area contributed by atoms with Gasteiger partial charge in [-0.2, -0.15) is 0 Å². The maximum Gasteiger partial charge on any atom is 0.407 e. The molecule has 1 aromatic carbocycles. The van der Waals surface area contributed by atoms with Crippen molar-refractivity contribution in [2.75, 3.05) is 112 Å². The van der Waals surface area contributed by atoms with Gasteiger partial charge < -0.3 is 167 Å². The summed E-state index contributed by atoms with van der Waals surface area (Å²) in [5.74, 6) is -6.20. The maximum atomic E-state index is 14.2. The number of unbranched alkanes of at least 4 members (excludes halogenated alkanes) is 2. The quantitative estimate of drug-likeness (QED) is 0.0270. The highest BCUT2D eigenvalue weighted by atomic mass is 16.7. The van der Waals surface area contributed by atoms with E-state index in [1.165, 1.54) is 0 Å². The minimum Gasteiger partial charge on any atom is -0.445 e. The molecule has 0 unspecified atom stereocenters. The Bertz CT molecular complexity index is 2580. The number of rotatable bonds is 44. The van der Waals surface area contributed by atoms with Crippen molar-refractivity contribution in [1.82, 2.24) is 47.4 Å². The van der Waals surface area contributed by atoms with Gasteiger partial charge in [0.2, 0.25) is 41.4 Å². The van der Waals surface area contributed by atoms with Crippen LogP contribution >= 0.6 is 0 Å². The summed E-state index contributed by atoms with van der Waals surface area (Å²) >= 11 is 0. The van der Waals surface area contributed by atoms with E-state index in [9.17, 15) is 120 Å². The van der Waals surface area contributed by atoms with E-state index in [0.717, 1.165) is 10.5 Å². The van der Waals surface area contributed by atoms with E-state index in [1.54, 1.807) is 24.3 Å². The van der Waals surface area contributed by atoms with Gasteiger partial charge in [0.25, 0.3) is 0 Å². The molecular weight excluding hydrogens is 1390 g/mol. The lowest BCUT2D eigenvalue weighted by molar-refractivity contribution is -0.300. The van der Waals surface area contributed by atoms with Crippen LogP contribution in [0.2, 0.25) is 0 Å². The highest BCUT2D eigenvalue weighted by molar-refractivity contribution is 5.91. The molecule has 0 aliphatic carbocycles. The molecule has 4 aliphatic heterocycles. The SMILES string of the molecule is O=C(CC[C@H](NC(=O)CN(CC(=O)NCCCCCNC(=O)OCc1ccccc1)CC(=O)N[C@@H](CCC(=O)NCCO[C@H]1O[C@H](CO)[C@@H](O)[C@H](O)[C@@H]1O)C(=O)NCCO[C@H]1O[C@H](CO)[C@@H](O)[C@H](O)[C@@H]1O)C(=O)NCCO[C@H]1O[C@H](CO)[C@@H](O)[C@H](O)[C@@H]1O)NCCO[C@H]1O[C@H](CO)[C@@H](O)[C@H](O)[C@@H]1O. The van der Waals surface area contributed by atoms with Crippen molar-refractivity contribution in [2.45, 2.75) is 186 Å². The van der Waals surface area contributed by atoms with Crippen molar-refractivity contribution in [1.29, 1.82) is 0 Å². The van der Waals surface area contributed by atoms with Crippen LogP contribution in [0, 0.1) is 0 Å². The number of alkyl carbamates (subject to hydrolysis) is 1. The first-order valence-corrected chi connectivity index (χ1v) is 33.5. The molecule has 0 saturated carbocycles. The van der Waals surface area contributed by atoms with Gasteiger partial charge in [0.1, 0.15) is 116 Å². The third-order valence-corrected chi connectivity index (χ3v) is 16.6. The van der Waals surface area contributed by atoms with Crippen LogP contribution in [0.15, 0.2) is 30.3 Å². The van der Waals surface area contributed by atoms with Crippen LogP contribution in [0.5, 0.6) is 0 Å². The molecule has 4 saturated heterocycles. The minimum atomic E-state index is -1.81. The smallest absolute Gasteiger partial charge is 0.407 e. The van der Waals surface area contributed by atoms with Crippen molar-refractivity contribution < 1.29 is 163 Å². The van der Waals surface area contributed by atoms with Crippen molar-refractivity contribution in [3.63, 3.8) is 0 Å². The van der Waals surface area contributed by atoms with Crippen molar-refractivity contribution in [2.24, 2.45) is 0 Å². The first-order valence-electron chi connectivity index (χ1n) is 33.5. The average Bonchev–Trinajstić information content (AvgIpc) is 0.841. The van der Waals surface area contributed by atoms with Crippen LogP contribution in [-0.4, -0.2) is 381 Å². The van der Waals surface area contributed by atoms with E-state index in [2.05, 4.69) is 42.5 Å². The van der Waals surface area contributed by atoms with Crippen LogP contribution in [0.25, 0.3) is 0 Å². The molecule has 5 rings (SSSR count). The topological polar surface area (TPSA) is 643 Å². The van der Waals surface area contributed by atoms with Crippen molar-refractivity contribution in [3.8, 4) is 0 Å². The summed E-state index contributed by atoms with van der Waals surface area (Å²) in [6.07, 6.45) is -33.8. The highest BCUT2D eigenvalue weighted by Crippen LogP contribution is 2.26. The lowest BCUT2D eigenvalue weighted by atomic mass is 9.99. The molecule has 0 radical (unpaired) electrons. The number of carbonyl (C=O) groups is 8. The van der Waals surface area contributed by atoms with Crippen LogP contribution in [0.4, 0.5) is 4.79 Å². The Morgan fingerprint density at radius 3 is 1.05 bits per heavy atom. The van der Waals surface area contributed by atoms with Crippen LogP contribution in [-0.2, 0) is 82.8 Å². The van der Waals surface area contributed by atoms with E-state index in [-0.39, 0.29) is 46.0 Å². The molecular formula is C61H101N9O33. The molecule has 4 heterocycles. The van der Waals surface area contributed by atoms with Gasteiger partial charge in [-0.25, -0.2) is 4.79 Å². The second-order valence-electron chi connectivity index (χ2n) is 24.4. The fourth-order valence-corrected chi connectivity index (χ4v) is 10.7. The Morgan fingerprint density at radius 2 is 0.699 bits per heavy atom. The summed E-state index contributed by atoms with van der Waals surface area (Å²) in [6.45, 7) is -8.08. The molecule has 42 nitrogen and oxygen atoms in total. The molecule has 0 spiro atoms. The first kappa shape index (κ1) is 87.4. The normalized spacial score (nSPS) is 29.9. The van der Waals surface area contributed by atoms with Gasteiger partial charge in [-0.3, -0.25) is 38.5 Å². The predicted molar refractivity (Wildman–Crippen MR) is 341 cm³/mol. The number of hydrogen-bond acceptors (Lipinski definition) is 34. The maximum absolute atomic E-state index is 14.2. The van der Waals surface area contributed by atoms with E-state index < -0.39 is 280 Å². The number of nitrogens with one attached hydrogen (secondary N) is 8. The number of aliphatic hydroxyl groups is 16. The second kappa shape index (κ2) is 46.0. The number of carbonyl (C=O) groups excluding carboxylic acids is 8. The number of benzene rings is 1. The zero-order valence-corrected chi connectivity index (χ0v) is 56.3. The number of amides is 8. The molecule has 0 bridgehead atoms. The summed E-state index contributed by atoms with van der Waals surface area (Å²) in [5.41, 5.74) is 0.780. The van der Waals surface area contributed by atoms with E-state index >= 15 is 0 Å². The van der Waals surface area contributed by atoms with Crippen LogP contribution < -0.4 is 42.5 Å². The minimum absolute atomic E-state index is 0.0484. The zero-order chi connectivity index (χ0) is 75.7. The van der Waals surface area contributed by atoms with Gasteiger partial charge in [0.15, 0.2) is 25.2 Å². The van der Waals surface area contributed by atoms with Gasteiger partial charge in [0, 0.05) is 52.1 Å². The van der Waals surface area contributed by atoms with Gasteiger partial charge in [-0.15, -0.1) is 0 Å². The molecule has 0 aromatic heterocycles. The lowest BCUT2D eigenvalue weighted by Crippen LogP contribution is -2.59. The van der Waals surface area contributed by atoms with Crippen molar-refractivity contribution >= 4 is 47.4 Å². The number of nitrogens with zero attached hydrogens (tertiary/aromatic N) is 1. The van der Waals surface area contributed by atoms with Crippen LogP contribution in [0.3, 0.4) is 0 Å². The Hall–Kier alpha value is -6.22. The largest absolute Gasteiger partial charge is 0.445 e. The number of hydrogen-bond donors (Lipinski definition) is 24. The molecule has 4 fully saturated rings. The van der Waals surface area contributed by atoms with Gasteiger partial charge in [0.05, 0.1) is 72.5 Å². The third-order valence-electron chi connectivity index (χ3n) is 16.6. The predicted octanol–water partition coefficient (Wildman–Crippen LogP) is -13.2. The lowest BCUT2D eigenvalue weighted by Gasteiger charge is -2.39. The summed E-state index contributed by atoms with van der Waals surface area (Å²) in [4.78, 5) is 110. The third kappa shape index (κ3) is 28.9. The van der Waals surface area contributed by atoms with Crippen molar-refractivity contribution in [3.05, 3.63) is 35.9 Å². The Labute approximate surface area is 590 Å². The van der Waals surface area contributed by atoms with Gasteiger partial charge >= 0.3 is 6.09 Å². The summed E-state index contributed by atoms with van der Waals surface area (Å²) < 4.78 is 48.2. The molecule has 4 aliphatic rings. The monoisotopic (exact) mass is 1490 g/mol. The van der Waals surface area contributed by atoms with E-state index in [4.69, 9.17) is 42.6 Å². The van der Waals surface area contributed by atoms with E-state index in [1.807, 2.05) is 6.07 Å². The highest BCUT2D eigenvalue weighted by Gasteiger charge is 2.48. The fourth-order valence-electron chi connectivity index (χ4n) is 10.7. The first-order chi connectivity index (χ1) is 49.2. The van der Waals surface area contributed by atoms with Gasteiger partial charge in [-0.05, 0) is 37.7 Å². The molecule has 42 heteroatoms. The standard InChI is InChI=1S/C61H101N9O33/c71-26-34-43(80)47(84)51(88)57(100-34)95-19-15-63-38(75)11-9-32(55(92)65-17-21-97-59-53(90)49(86)45(82)36(28-73)102-59)68-41(78)24-70(23-40(77)62-13-5-2-6-14-67-61(94)99-30-31-7-3-1-4-8-31)25-42(79)69-33(56(93)66-18-22-98-60-54(91)50(87)46(83)37(29-74)103-60)10-12-39(76)64-16-20-96-58-52(89)48(85)44(81)35(27-72)101-58/h1,3-4,7-8,32-37,43-54,57-60,71-74,80-91H,2,5-6,9-30H2,(H,62,77)(H,63,75)(H,64,76)(H,65,92)(H,66,93)(H,67,94)(H,68,78)(H,69,79)/t32-,33-,34+,35+,36+,37+,43+,44+,45+,46+,47-,48-,49-,50-,51-,52-,53-,54-,57-,58-,59-,60-/m0/s1. The molecule has 8 amide bonds. The molecule has 103 heavy (non-hydrogen) atoms. The van der Waals surface area contributed by atoms with Crippen LogP contribution in [0.1, 0.15) is 50.5 Å². The second-order valence-corrected chi connectivity index (χ2v) is 24.4.